The summed E-state index contributed by atoms with van der Waals surface area (Å²) >= 11 is 0. The zero-order chi connectivity index (χ0) is 20.5. The van der Waals surface area contributed by atoms with Gasteiger partial charge in [0.1, 0.15) is 5.82 Å². The minimum Gasteiger partial charge on any atom is -0.207 e. The van der Waals surface area contributed by atoms with E-state index < -0.39 is 11.6 Å². The van der Waals surface area contributed by atoms with Gasteiger partial charge in [0.05, 0.1) is 0 Å². The highest BCUT2D eigenvalue weighted by Crippen LogP contribution is 2.37. The van der Waals surface area contributed by atoms with Crippen molar-refractivity contribution in [2.45, 2.75) is 45.4 Å². The smallest absolute Gasteiger partial charge is 0.166 e. The van der Waals surface area contributed by atoms with Crippen LogP contribution >= 0.6 is 0 Å². The second-order valence-corrected chi connectivity index (χ2v) is 8.33. The number of hydrogen-bond acceptors (Lipinski definition) is 0. The number of aryl methyl sites for hydroxylation is 1. The highest BCUT2D eigenvalue weighted by molar-refractivity contribution is 5.71. The Morgan fingerprint density at radius 2 is 1.31 bits per heavy atom. The maximum Gasteiger partial charge on any atom is 0.166 e. The first-order valence-corrected chi connectivity index (χ1v) is 10.3. The second-order valence-electron chi connectivity index (χ2n) is 8.33. The molecule has 0 bridgehead atoms. The van der Waals surface area contributed by atoms with Gasteiger partial charge in [0, 0.05) is 5.56 Å². The average Bonchev–Trinajstić information content (AvgIpc) is 2.73. The molecule has 0 aliphatic heterocycles. The van der Waals surface area contributed by atoms with Gasteiger partial charge in [0.15, 0.2) is 11.6 Å². The maximum atomic E-state index is 14.8. The van der Waals surface area contributed by atoms with Gasteiger partial charge < -0.3 is 0 Å². The SMILES string of the molecule is Cc1ccc(-c2ccc(-c3ccc(C4CCC(C)CC4)c(F)c3)cc2)c(F)c1F. The summed E-state index contributed by atoms with van der Waals surface area (Å²) in [5.74, 6) is -0.768. The number of rotatable bonds is 3. The van der Waals surface area contributed by atoms with Crippen LogP contribution in [0.1, 0.15) is 49.7 Å². The topological polar surface area (TPSA) is 0 Å². The second kappa shape index (κ2) is 8.06. The predicted molar refractivity (Wildman–Crippen MR) is 112 cm³/mol. The molecule has 0 N–H and O–H groups in total. The third-order valence-corrected chi connectivity index (χ3v) is 6.26. The van der Waals surface area contributed by atoms with E-state index in [9.17, 15) is 13.2 Å². The quantitative estimate of drug-likeness (QED) is 0.422. The lowest BCUT2D eigenvalue weighted by Crippen LogP contribution is -2.12. The van der Waals surface area contributed by atoms with Crippen molar-refractivity contribution in [2.24, 2.45) is 5.92 Å². The van der Waals surface area contributed by atoms with Crippen LogP contribution in [0.5, 0.6) is 0 Å². The lowest BCUT2D eigenvalue weighted by Gasteiger charge is -2.26. The molecule has 150 valence electrons. The van der Waals surface area contributed by atoms with Crippen LogP contribution in [0.25, 0.3) is 22.3 Å². The molecule has 0 spiro atoms. The largest absolute Gasteiger partial charge is 0.207 e. The molecule has 0 aromatic heterocycles. The number of hydrogen-bond donors (Lipinski definition) is 0. The molecule has 0 amide bonds. The monoisotopic (exact) mass is 394 g/mol. The first-order chi connectivity index (χ1) is 13.9. The molecule has 4 rings (SSSR count). The van der Waals surface area contributed by atoms with Gasteiger partial charge in [0.2, 0.25) is 0 Å². The van der Waals surface area contributed by atoms with E-state index >= 15 is 0 Å². The molecule has 0 radical (unpaired) electrons. The molecule has 3 heteroatoms. The van der Waals surface area contributed by atoms with E-state index in [0.717, 1.165) is 48.3 Å². The molecule has 29 heavy (non-hydrogen) atoms. The molecule has 1 saturated carbocycles. The zero-order valence-corrected chi connectivity index (χ0v) is 16.8. The van der Waals surface area contributed by atoms with E-state index in [4.69, 9.17) is 0 Å². The minimum atomic E-state index is -0.838. The number of benzene rings is 3. The molecular formula is C26H25F3. The third kappa shape index (κ3) is 3.96. The van der Waals surface area contributed by atoms with Crippen molar-refractivity contribution in [3.05, 3.63) is 83.2 Å². The summed E-state index contributed by atoms with van der Waals surface area (Å²) in [7, 11) is 0. The average molecular weight is 394 g/mol. The van der Waals surface area contributed by atoms with E-state index in [0.29, 0.717) is 11.5 Å². The fraction of sp³-hybridized carbons (Fsp3) is 0.308. The van der Waals surface area contributed by atoms with Crippen LogP contribution in [0.3, 0.4) is 0 Å². The summed E-state index contributed by atoms with van der Waals surface area (Å²) in [5.41, 5.74) is 3.56. The summed E-state index contributed by atoms with van der Waals surface area (Å²) in [6, 6.07) is 15.8. The van der Waals surface area contributed by atoms with Crippen molar-refractivity contribution in [1.82, 2.24) is 0 Å². The standard InChI is InChI=1S/C26H25F3/c1-16-3-6-19(7-4-16)22-14-12-21(15-24(22)27)18-8-10-20(11-9-18)23-13-5-17(2)25(28)26(23)29/h5,8-16,19H,3-4,6-7H2,1-2H3. The van der Waals surface area contributed by atoms with Gasteiger partial charge in [-0.2, -0.15) is 0 Å². The third-order valence-electron chi connectivity index (χ3n) is 6.26. The van der Waals surface area contributed by atoms with Crippen molar-refractivity contribution < 1.29 is 13.2 Å². The molecule has 3 aromatic rings. The molecule has 0 saturated heterocycles. The van der Waals surface area contributed by atoms with Crippen molar-refractivity contribution in [3.63, 3.8) is 0 Å². The lowest BCUT2D eigenvalue weighted by atomic mass is 9.79. The molecule has 0 nitrogen and oxygen atoms in total. The molecule has 0 heterocycles. The van der Waals surface area contributed by atoms with E-state index in [-0.39, 0.29) is 16.9 Å². The van der Waals surface area contributed by atoms with E-state index in [1.54, 1.807) is 30.3 Å². The van der Waals surface area contributed by atoms with Crippen LogP contribution < -0.4 is 0 Å². The van der Waals surface area contributed by atoms with Gasteiger partial charge in [-0.1, -0.05) is 68.3 Å². The van der Waals surface area contributed by atoms with Crippen LogP contribution in [0.4, 0.5) is 13.2 Å². The summed E-state index contributed by atoms with van der Waals surface area (Å²) < 4.78 is 42.9. The minimum absolute atomic E-state index is 0.155. The summed E-state index contributed by atoms with van der Waals surface area (Å²) in [6.07, 6.45) is 4.41. The lowest BCUT2D eigenvalue weighted by molar-refractivity contribution is 0.342. The molecule has 1 aliphatic carbocycles. The normalized spacial score (nSPS) is 19.3. The zero-order valence-electron chi connectivity index (χ0n) is 16.8. The van der Waals surface area contributed by atoms with Crippen molar-refractivity contribution in [3.8, 4) is 22.3 Å². The van der Waals surface area contributed by atoms with Gasteiger partial charge in [-0.15, -0.1) is 0 Å². The maximum absolute atomic E-state index is 14.8. The molecular weight excluding hydrogens is 369 g/mol. The van der Waals surface area contributed by atoms with Gasteiger partial charge in [-0.25, -0.2) is 13.2 Å². The Morgan fingerprint density at radius 3 is 1.97 bits per heavy atom. The van der Waals surface area contributed by atoms with Crippen LogP contribution in [-0.2, 0) is 0 Å². The van der Waals surface area contributed by atoms with E-state index in [1.165, 1.54) is 6.92 Å². The Balaban J connectivity index is 1.58. The summed E-state index contributed by atoms with van der Waals surface area (Å²) in [6.45, 7) is 3.80. The fourth-order valence-corrected chi connectivity index (χ4v) is 4.32. The molecule has 1 aliphatic rings. The van der Waals surface area contributed by atoms with E-state index in [2.05, 4.69) is 6.92 Å². The Hall–Kier alpha value is -2.55. The molecule has 3 aromatic carbocycles. The van der Waals surface area contributed by atoms with Gasteiger partial charge >= 0.3 is 0 Å². The van der Waals surface area contributed by atoms with Gasteiger partial charge in [0.25, 0.3) is 0 Å². The highest BCUT2D eigenvalue weighted by Gasteiger charge is 2.22. The Bertz CT molecular complexity index is 1010. The van der Waals surface area contributed by atoms with Gasteiger partial charge in [-0.05, 0) is 65.5 Å². The first-order valence-electron chi connectivity index (χ1n) is 10.3. The summed E-state index contributed by atoms with van der Waals surface area (Å²) in [4.78, 5) is 0. The van der Waals surface area contributed by atoms with Crippen LogP contribution in [0.2, 0.25) is 0 Å². The predicted octanol–water partition coefficient (Wildman–Crippen LogP) is 8.04. The summed E-state index contributed by atoms with van der Waals surface area (Å²) in [5, 5.41) is 0. The number of halogens is 3. The van der Waals surface area contributed by atoms with Crippen molar-refractivity contribution in [2.75, 3.05) is 0 Å². The Labute approximate surface area is 170 Å². The Morgan fingerprint density at radius 1 is 0.690 bits per heavy atom. The van der Waals surface area contributed by atoms with Gasteiger partial charge in [-0.3, -0.25) is 0 Å². The van der Waals surface area contributed by atoms with Crippen molar-refractivity contribution >= 4 is 0 Å². The molecule has 0 atom stereocenters. The fourth-order valence-electron chi connectivity index (χ4n) is 4.32. The van der Waals surface area contributed by atoms with Crippen LogP contribution in [0.15, 0.2) is 54.6 Å². The van der Waals surface area contributed by atoms with Crippen LogP contribution in [0, 0.1) is 30.3 Å². The molecule has 0 unspecified atom stereocenters. The highest BCUT2D eigenvalue weighted by atomic mass is 19.2. The van der Waals surface area contributed by atoms with E-state index in [1.807, 2.05) is 24.3 Å². The first kappa shape index (κ1) is 19.8. The Kier molecular flexibility index (Phi) is 5.49. The van der Waals surface area contributed by atoms with Crippen molar-refractivity contribution in [1.29, 1.82) is 0 Å². The van der Waals surface area contributed by atoms with Crippen LogP contribution in [-0.4, -0.2) is 0 Å². The molecule has 1 fully saturated rings.